The van der Waals surface area contributed by atoms with Crippen LogP contribution in [0.5, 0.6) is 0 Å². The Bertz CT molecular complexity index is 8100. The number of benzene rings is 22. The van der Waals surface area contributed by atoms with Gasteiger partial charge in [-0.3, -0.25) is 0 Å². The van der Waals surface area contributed by atoms with E-state index in [9.17, 15) is 0 Å². The zero-order valence-electron chi connectivity index (χ0n) is 83.7. The third kappa shape index (κ3) is 17.5. The largest absolute Gasteiger partial charge is 0.311 e. The Balaban J connectivity index is 0.000000120. The summed E-state index contributed by atoms with van der Waals surface area (Å²) in [5.74, 6) is 0. The highest BCUT2D eigenvalue weighted by molar-refractivity contribution is 7.18. The highest BCUT2D eigenvalue weighted by Crippen LogP contribution is 2.57. The number of thiophene rings is 1. The van der Waals surface area contributed by atoms with Crippen LogP contribution in [0.3, 0.4) is 0 Å². The first-order valence-corrected chi connectivity index (χ1v) is 52.0. The van der Waals surface area contributed by atoms with Crippen molar-refractivity contribution >= 4 is 135 Å². The Hall–Kier alpha value is -18.1. The summed E-state index contributed by atoms with van der Waals surface area (Å²) in [5, 5.41) is 4.93. The highest BCUT2D eigenvalue weighted by atomic mass is 32.1. The molecule has 0 aliphatic heterocycles. The molecule has 7 heteroatoms. The van der Waals surface area contributed by atoms with E-state index < -0.39 is 0 Å². The molecule has 0 spiro atoms. The van der Waals surface area contributed by atoms with Gasteiger partial charge in [0.05, 0.1) is 11.4 Å². The Labute approximate surface area is 872 Å². The van der Waals surface area contributed by atoms with Gasteiger partial charge in [-0.1, -0.05) is 381 Å². The van der Waals surface area contributed by atoms with E-state index in [1.807, 2.05) is 11.3 Å². The van der Waals surface area contributed by atoms with Gasteiger partial charge in [-0.25, -0.2) is 0 Å². The summed E-state index contributed by atoms with van der Waals surface area (Å²) < 4.78 is 0. The van der Waals surface area contributed by atoms with Gasteiger partial charge in [0, 0.05) is 128 Å². The Kier molecular flexibility index (Phi) is 24.6. The standard InChI is InChI=1S/C54H44N2.C47H36N2.C40H30N2S/c1-53(2)49-21-13-11-19-45(49)47-33-31-43(35-51(47)53)55(39-15-7-5-8-16-39)41-27-23-37(24-28-41)38-25-29-42(30-26-38)56(40-17-9-6-10-18-40)44-32-34-48-46-20-12-14-22-50(46)54(3,4)52(48)36-44;1-47(2)43-31-37(48(35-19-5-3-6-20-35)45-25-13-17-33-15-9-11-23-39(33)45)27-29-41(43)42-30-28-38(32-44(42)47)49(36-21-7-4-8-22-36)46-26-14-18-34-16-10-12-24-40(34)46;1-5-13-33(14-6-1)41(34-15-7-2-8-16-34)37-25-21-31(22-26-37)39-29-30-40(43-39)32-23-27-38(28-24-32)42(35-17-9-3-10-18-35)36-19-11-4-12-20-36/h5-36H,1-4H3;3-32H,1-2H3;1-30H. The van der Waals surface area contributed by atoms with E-state index in [0.717, 1.165) is 91.0 Å². The quantitative estimate of drug-likeness (QED) is 0.0709. The van der Waals surface area contributed by atoms with Gasteiger partial charge in [0.2, 0.25) is 0 Å². The van der Waals surface area contributed by atoms with Crippen molar-refractivity contribution in [3.8, 4) is 65.4 Å². The molecular weight excluding hydrogens is 1810 g/mol. The summed E-state index contributed by atoms with van der Waals surface area (Å²) in [5.41, 5.74) is 41.2. The average Bonchev–Trinajstić information content (AvgIpc) is 1.56. The maximum atomic E-state index is 2.42. The molecule has 23 aromatic rings. The van der Waals surface area contributed by atoms with Crippen LogP contribution in [0.25, 0.3) is 86.9 Å². The molecule has 0 radical (unpaired) electrons. The van der Waals surface area contributed by atoms with Crippen molar-refractivity contribution < 1.29 is 0 Å². The van der Waals surface area contributed by atoms with E-state index in [1.165, 1.54) is 132 Å². The van der Waals surface area contributed by atoms with Crippen molar-refractivity contribution in [3.63, 3.8) is 0 Å². The lowest BCUT2D eigenvalue weighted by Crippen LogP contribution is -2.17. The van der Waals surface area contributed by atoms with Crippen LogP contribution in [0.4, 0.5) is 102 Å². The minimum absolute atomic E-state index is 0.0700. The molecule has 0 amide bonds. The molecule has 0 bridgehead atoms. The average molecular weight is 1920 g/mol. The van der Waals surface area contributed by atoms with Gasteiger partial charge < -0.3 is 29.4 Å². The molecule has 6 nitrogen and oxygen atoms in total. The van der Waals surface area contributed by atoms with Crippen LogP contribution in [0, 0.1) is 0 Å². The van der Waals surface area contributed by atoms with Crippen molar-refractivity contribution in [1.82, 2.24) is 0 Å². The van der Waals surface area contributed by atoms with Crippen molar-refractivity contribution in [3.05, 3.63) is 591 Å². The number of para-hydroxylation sites is 8. The fourth-order valence-corrected chi connectivity index (χ4v) is 23.5. The zero-order chi connectivity index (χ0) is 99.8. The van der Waals surface area contributed by atoms with Gasteiger partial charge >= 0.3 is 0 Å². The first-order valence-electron chi connectivity index (χ1n) is 51.2. The summed E-state index contributed by atoms with van der Waals surface area (Å²) in [6.07, 6.45) is 0. The summed E-state index contributed by atoms with van der Waals surface area (Å²) in [6, 6.07) is 201. The molecule has 3 aliphatic carbocycles. The second-order valence-corrected chi connectivity index (χ2v) is 41.0. The number of anilines is 18. The number of hydrogen-bond acceptors (Lipinski definition) is 7. The molecule has 0 N–H and O–H groups in total. The maximum absolute atomic E-state index is 2.42. The summed E-state index contributed by atoms with van der Waals surface area (Å²) in [4.78, 5) is 16.7. The molecule has 0 fully saturated rings. The summed E-state index contributed by atoms with van der Waals surface area (Å²) >= 11 is 1.83. The van der Waals surface area contributed by atoms with Gasteiger partial charge in [0.15, 0.2) is 0 Å². The van der Waals surface area contributed by atoms with E-state index >= 15 is 0 Å². The summed E-state index contributed by atoms with van der Waals surface area (Å²) in [6.45, 7) is 14.1. The van der Waals surface area contributed by atoms with Gasteiger partial charge in [-0.2, -0.15) is 0 Å². The third-order valence-corrected chi connectivity index (χ3v) is 31.1. The molecule has 0 saturated carbocycles. The molecule has 22 aromatic carbocycles. The molecule has 3 aliphatic rings. The number of nitrogens with zero attached hydrogens (tertiary/aromatic N) is 6. The molecule has 1 heterocycles. The van der Waals surface area contributed by atoms with Crippen LogP contribution in [0.1, 0.15) is 74.9 Å². The van der Waals surface area contributed by atoms with E-state index in [1.54, 1.807) is 0 Å². The Morgan fingerprint density at radius 1 is 0.142 bits per heavy atom. The van der Waals surface area contributed by atoms with Gasteiger partial charge in [0.1, 0.15) is 0 Å². The van der Waals surface area contributed by atoms with Crippen LogP contribution in [-0.4, -0.2) is 0 Å². The molecule has 26 rings (SSSR count). The minimum atomic E-state index is -0.209. The SMILES string of the molecule is CC1(C)c2cc(N(c3ccccc3)c3cccc4ccccc34)ccc2-c2ccc(N(c3ccccc3)c3cccc4ccccc34)cc21.CC1(C)c2ccccc2-c2ccc(N(c3ccccc3)c3ccc(-c4ccc(N(c5ccccc5)c5ccc6c(c5)C(C)(C)c5ccccc5-6)cc4)cc3)cc21.c1ccc(N(c2ccccc2)c2ccc(-c3ccc(-c4ccc(N(c5ccccc5)c5ccccc5)cc4)s3)cc2)cc1. The molecule has 0 atom stereocenters. The lowest BCUT2D eigenvalue weighted by molar-refractivity contribution is 0.660. The normalized spacial score (nSPS) is 12.7. The number of fused-ring (bicyclic) bond motifs is 11. The van der Waals surface area contributed by atoms with E-state index in [2.05, 4.69) is 629 Å². The van der Waals surface area contributed by atoms with Crippen LogP contribution >= 0.6 is 11.3 Å². The van der Waals surface area contributed by atoms with Gasteiger partial charge in [-0.15, -0.1) is 11.3 Å². The lowest BCUT2D eigenvalue weighted by atomic mass is 9.82. The number of rotatable bonds is 21. The van der Waals surface area contributed by atoms with Crippen LogP contribution in [-0.2, 0) is 16.2 Å². The molecular formula is C141H110N6S. The van der Waals surface area contributed by atoms with Crippen molar-refractivity contribution in [2.24, 2.45) is 0 Å². The Morgan fingerprint density at radius 3 is 0.622 bits per heavy atom. The smallest absolute Gasteiger partial charge is 0.0540 e. The molecule has 1 aromatic heterocycles. The van der Waals surface area contributed by atoms with Crippen LogP contribution < -0.4 is 29.4 Å². The van der Waals surface area contributed by atoms with Crippen molar-refractivity contribution in [2.45, 2.75) is 57.8 Å². The van der Waals surface area contributed by atoms with Gasteiger partial charge in [0.25, 0.3) is 0 Å². The molecule has 0 unspecified atom stereocenters. The second kappa shape index (κ2) is 39.5. The topological polar surface area (TPSA) is 19.4 Å². The highest BCUT2D eigenvalue weighted by Gasteiger charge is 2.40. The lowest BCUT2D eigenvalue weighted by Gasteiger charge is -2.30. The molecule has 0 saturated heterocycles. The van der Waals surface area contributed by atoms with Crippen molar-refractivity contribution in [2.75, 3.05) is 29.4 Å². The predicted octanol–water partition coefficient (Wildman–Crippen LogP) is 40.2. The fraction of sp³-hybridized carbons (Fsp3) is 0.0638. The first kappa shape index (κ1) is 92.3. The molecule has 148 heavy (non-hydrogen) atoms. The minimum Gasteiger partial charge on any atom is -0.311 e. The zero-order valence-corrected chi connectivity index (χ0v) is 84.5. The van der Waals surface area contributed by atoms with Gasteiger partial charge in [-0.05, 0) is 318 Å². The summed E-state index contributed by atoms with van der Waals surface area (Å²) in [7, 11) is 0. The van der Waals surface area contributed by atoms with Crippen LogP contribution in [0.15, 0.2) is 558 Å². The van der Waals surface area contributed by atoms with E-state index in [0.29, 0.717) is 0 Å². The monoisotopic (exact) mass is 1920 g/mol. The van der Waals surface area contributed by atoms with E-state index in [-0.39, 0.29) is 16.2 Å². The molecule has 710 valence electrons. The third-order valence-electron chi connectivity index (χ3n) is 30.0. The maximum Gasteiger partial charge on any atom is 0.0540 e. The Morgan fingerprint density at radius 2 is 0.338 bits per heavy atom. The van der Waals surface area contributed by atoms with Crippen LogP contribution in [0.2, 0.25) is 0 Å². The first-order chi connectivity index (χ1) is 72.7. The predicted molar refractivity (Wildman–Crippen MR) is 629 cm³/mol. The fourth-order valence-electron chi connectivity index (χ4n) is 22.5. The van der Waals surface area contributed by atoms with E-state index in [4.69, 9.17) is 0 Å². The second-order valence-electron chi connectivity index (χ2n) is 39.9. The van der Waals surface area contributed by atoms with Crippen molar-refractivity contribution in [1.29, 1.82) is 0 Å². The number of hydrogen-bond donors (Lipinski definition) is 0.